The first-order chi connectivity index (χ1) is 8.70. The minimum atomic E-state index is -0.895. The van der Waals surface area contributed by atoms with Crippen LogP contribution in [0.15, 0.2) is 30.5 Å². The van der Waals surface area contributed by atoms with Crippen molar-refractivity contribution >= 4 is 0 Å². The summed E-state index contributed by atoms with van der Waals surface area (Å²) in [5.74, 6) is -1.37. The van der Waals surface area contributed by atoms with Crippen LogP contribution in [0, 0.1) is 11.6 Å². The Balaban J connectivity index is 2.29. The number of hydrogen-bond acceptors (Lipinski definition) is 3. The highest BCUT2D eigenvalue weighted by Crippen LogP contribution is 2.17. The maximum atomic E-state index is 13.1. The van der Waals surface area contributed by atoms with Crippen LogP contribution in [0.2, 0.25) is 0 Å². The minimum Gasteiger partial charge on any atom is -0.311 e. The lowest BCUT2D eigenvalue weighted by Crippen LogP contribution is -2.13. The number of nitrogens with zero attached hydrogens (tertiary/aromatic N) is 2. The molecule has 0 radical (unpaired) electrons. The fourth-order valence-electron chi connectivity index (χ4n) is 1.52. The lowest BCUT2D eigenvalue weighted by Gasteiger charge is -2.04. The summed E-state index contributed by atoms with van der Waals surface area (Å²) in [7, 11) is 0. The summed E-state index contributed by atoms with van der Waals surface area (Å²) in [6.07, 6.45) is 1.61. The summed E-state index contributed by atoms with van der Waals surface area (Å²) >= 11 is 0. The SMILES string of the molecule is CCNCc1ccnc(-c2ccc(F)c(F)c2)n1. The molecule has 3 nitrogen and oxygen atoms in total. The van der Waals surface area contributed by atoms with Gasteiger partial charge in [-0.15, -0.1) is 0 Å². The van der Waals surface area contributed by atoms with Gasteiger partial charge in [-0.05, 0) is 30.8 Å². The normalized spacial score (nSPS) is 10.6. The molecule has 0 aliphatic carbocycles. The number of halogens is 2. The van der Waals surface area contributed by atoms with Gasteiger partial charge in [0.1, 0.15) is 0 Å². The summed E-state index contributed by atoms with van der Waals surface area (Å²) in [6, 6.07) is 5.42. The molecule has 0 unspecified atom stereocenters. The lowest BCUT2D eigenvalue weighted by molar-refractivity contribution is 0.509. The van der Waals surface area contributed by atoms with Gasteiger partial charge in [-0.25, -0.2) is 18.7 Å². The Kier molecular flexibility index (Phi) is 3.94. The number of nitrogens with one attached hydrogen (secondary N) is 1. The van der Waals surface area contributed by atoms with Crippen molar-refractivity contribution < 1.29 is 8.78 Å². The molecule has 0 atom stereocenters. The van der Waals surface area contributed by atoms with E-state index in [9.17, 15) is 8.78 Å². The Morgan fingerprint density at radius 3 is 2.72 bits per heavy atom. The summed E-state index contributed by atoms with van der Waals surface area (Å²) in [5.41, 5.74) is 1.28. The zero-order valence-corrected chi connectivity index (χ0v) is 9.95. The summed E-state index contributed by atoms with van der Waals surface area (Å²) < 4.78 is 26.0. The van der Waals surface area contributed by atoms with E-state index in [1.54, 1.807) is 12.3 Å². The van der Waals surface area contributed by atoms with Crippen LogP contribution in [0.25, 0.3) is 11.4 Å². The van der Waals surface area contributed by atoms with Crippen LogP contribution in [-0.4, -0.2) is 16.5 Å². The van der Waals surface area contributed by atoms with E-state index in [1.165, 1.54) is 6.07 Å². The standard InChI is InChI=1S/C13H13F2N3/c1-2-16-8-10-5-6-17-13(18-10)9-3-4-11(14)12(15)7-9/h3-7,16H,2,8H2,1H3. The highest BCUT2D eigenvalue weighted by Gasteiger charge is 2.07. The van der Waals surface area contributed by atoms with Crippen LogP contribution >= 0.6 is 0 Å². The van der Waals surface area contributed by atoms with Gasteiger partial charge in [-0.3, -0.25) is 0 Å². The Morgan fingerprint density at radius 2 is 2.00 bits per heavy atom. The van der Waals surface area contributed by atoms with Crippen molar-refractivity contribution in [3.05, 3.63) is 47.8 Å². The predicted molar refractivity (Wildman–Crippen MR) is 64.8 cm³/mol. The predicted octanol–water partition coefficient (Wildman–Crippen LogP) is 2.53. The Labute approximate surface area is 104 Å². The first kappa shape index (κ1) is 12.6. The van der Waals surface area contributed by atoms with Crippen molar-refractivity contribution in [3.63, 3.8) is 0 Å². The summed E-state index contributed by atoms with van der Waals surface area (Å²) in [5, 5.41) is 3.14. The van der Waals surface area contributed by atoms with Crippen molar-refractivity contribution in [1.29, 1.82) is 0 Å². The lowest BCUT2D eigenvalue weighted by atomic mass is 10.2. The largest absolute Gasteiger partial charge is 0.311 e. The molecule has 0 aliphatic rings. The van der Waals surface area contributed by atoms with E-state index in [0.717, 1.165) is 24.4 Å². The zero-order chi connectivity index (χ0) is 13.0. The second-order valence-corrected chi connectivity index (χ2v) is 3.78. The minimum absolute atomic E-state index is 0.393. The molecule has 0 aliphatic heterocycles. The average molecular weight is 249 g/mol. The van der Waals surface area contributed by atoms with Gasteiger partial charge >= 0.3 is 0 Å². The van der Waals surface area contributed by atoms with Crippen LogP contribution < -0.4 is 5.32 Å². The van der Waals surface area contributed by atoms with Gasteiger partial charge < -0.3 is 5.32 Å². The molecule has 0 saturated carbocycles. The number of hydrogen-bond donors (Lipinski definition) is 1. The van der Waals surface area contributed by atoms with Crippen LogP contribution in [0.4, 0.5) is 8.78 Å². The molecule has 0 bridgehead atoms. The van der Waals surface area contributed by atoms with Gasteiger partial charge in [-0.1, -0.05) is 6.92 Å². The highest BCUT2D eigenvalue weighted by molar-refractivity contribution is 5.54. The fraction of sp³-hybridized carbons (Fsp3) is 0.231. The average Bonchev–Trinajstić information content (AvgIpc) is 2.40. The molecule has 0 amide bonds. The van der Waals surface area contributed by atoms with Crippen molar-refractivity contribution in [1.82, 2.24) is 15.3 Å². The molecule has 1 aromatic carbocycles. The van der Waals surface area contributed by atoms with E-state index >= 15 is 0 Å². The fourth-order valence-corrected chi connectivity index (χ4v) is 1.52. The quantitative estimate of drug-likeness (QED) is 0.904. The monoisotopic (exact) mass is 249 g/mol. The summed E-state index contributed by atoms with van der Waals surface area (Å²) in [6.45, 7) is 3.46. The second-order valence-electron chi connectivity index (χ2n) is 3.78. The van der Waals surface area contributed by atoms with Gasteiger partial charge in [0.05, 0.1) is 5.69 Å². The van der Waals surface area contributed by atoms with E-state index in [2.05, 4.69) is 15.3 Å². The molecule has 0 spiro atoms. The van der Waals surface area contributed by atoms with Gasteiger partial charge in [0, 0.05) is 18.3 Å². The van der Waals surface area contributed by atoms with E-state index in [4.69, 9.17) is 0 Å². The first-order valence-corrected chi connectivity index (χ1v) is 5.68. The van der Waals surface area contributed by atoms with Crippen LogP contribution in [0.5, 0.6) is 0 Å². The van der Waals surface area contributed by atoms with Gasteiger partial charge in [0.2, 0.25) is 0 Å². The van der Waals surface area contributed by atoms with E-state index in [0.29, 0.717) is 17.9 Å². The van der Waals surface area contributed by atoms with Gasteiger partial charge in [0.25, 0.3) is 0 Å². The van der Waals surface area contributed by atoms with Crippen molar-refractivity contribution in [2.24, 2.45) is 0 Å². The molecule has 1 aromatic heterocycles. The Bertz CT molecular complexity index is 544. The summed E-state index contributed by atoms with van der Waals surface area (Å²) in [4.78, 5) is 8.35. The van der Waals surface area contributed by atoms with E-state index < -0.39 is 11.6 Å². The highest BCUT2D eigenvalue weighted by atomic mass is 19.2. The maximum Gasteiger partial charge on any atom is 0.159 e. The molecular weight excluding hydrogens is 236 g/mol. The molecule has 1 heterocycles. The molecule has 1 N–H and O–H groups in total. The molecule has 2 rings (SSSR count). The second kappa shape index (κ2) is 5.64. The molecule has 94 valence electrons. The van der Waals surface area contributed by atoms with Crippen LogP contribution in [0.3, 0.4) is 0 Å². The van der Waals surface area contributed by atoms with Crippen LogP contribution in [-0.2, 0) is 6.54 Å². The van der Waals surface area contributed by atoms with Gasteiger partial charge in [-0.2, -0.15) is 0 Å². The van der Waals surface area contributed by atoms with Crippen molar-refractivity contribution in [3.8, 4) is 11.4 Å². The molecule has 5 heteroatoms. The van der Waals surface area contributed by atoms with Crippen molar-refractivity contribution in [2.75, 3.05) is 6.54 Å². The van der Waals surface area contributed by atoms with E-state index in [-0.39, 0.29) is 0 Å². The van der Waals surface area contributed by atoms with Crippen molar-refractivity contribution in [2.45, 2.75) is 13.5 Å². The van der Waals surface area contributed by atoms with E-state index in [1.807, 2.05) is 6.92 Å². The molecular formula is C13H13F2N3. The van der Waals surface area contributed by atoms with Crippen LogP contribution in [0.1, 0.15) is 12.6 Å². The molecule has 0 saturated heterocycles. The van der Waals surface area contributed by atoms with Gasteiger partial charge in [0.15, 0.2) is 17.5 Å². The zero-order valence-electron chi connectivity index (χ0n) is 9.95. The number of benzene rings is 1. The maximum absolute atomic E-state index is 13.1. The third-order valence-corrected chi connectivity index (χ3v) is 2.45. The molecule has 18 heavy (non-hydrogen) atoms. The Morgan fingerprint density at radius 1 is 1.17 bits per heavy atom. The number of aromatic nitrogens is 2. The molecule has 0 fully saturated rings. The smallest absolute Gasteiger partial charge is 0.159 e. The third-order valence-electron chi connectivity index (χ3n) is 2.45. The topological polar surface area (TPSA) is 37.8 Å². The first-order valence-electron chi connectivity index (χ1n) is 5.68. The Hall–Kier alpha value is -1.88. The molecule has 2 aromatic rings. The number of rotatable bonds is 4. The third kappa shape index (κ3) is 2.87.